The van der Waals surface area contributed by atoms with Crippen molar-refractivity contribution in [2.45, 2.75) is 137 Å². The molecule has 0 amide bonds. The Morgan fingerprint density at radius 3 is 2.15 bits per heavy atom. The molecule has 0 heterocycles. The third-order valence-corrected chi connectivity index (χ3v) is 8.55. The third kappa shape index (κ3) is 6.27. The second kappa shape index (κ2) is 10.5. The normalized spacial score (nSPS) is 29.0. The molecule has 0 aromatic heterocycles. The molecule has 3 aliphatic carbocycles. The first kappa shape index (κ1) is 22.3. The van der Waals surface area contributed by atoms with Gasteiger partial charge in [0.2, 0.25) is 0 Å². The molecular formula is C26H50. The maximum absolute atomic E-state index is 2.56. The van der Waals surface area contributed by atoms with Crippen LogP contribution in [0, 0.1) is 28.6 Å². The maximum Gasteiger partial charge on any atom is -0.0289 e. The van der Waals surface area contributed by atoms with Gasteiger partial charge in [-0.15, -0.1) is 0 Å². The third-order valence-electron chi connectivity index (χ3n) is 8.55. The van der Waals surface area contributed by atoms with Crippen molar-refractivity contribution in [2.24, 2.45) is 28.6 Å². The first-order valence-electron chi connectivity index (χ1n) is 12.4. The molecule has 0 aromatic rings. The topological polar surface area (TPSA) is 0 Å². The molecule has 0 saturated heterocycles. The van der Waals surface area contributed by atoms with Gasteiger partial charge >= 0.3 is 0 Å². The summed E-state index contributed by atoms with van der Waals surface area (Å²) in [4.78, 5) is 0. The molecule has 0 N–H and O–H groups in total. The Labute approximate surface area is 166 Å². The molecule has 3 aliphatic rings. The van der Waals surface area contributed by atoms with Crippen molar-refractivity contribution in [2.75, 3.05) is 0 Å². The van der Waals surface area contributed by atoms with E-state index >= 15 is 0 Å². The second-order valence-electron chi connectivity index (χ2n) is 11.1. The molecule has 0 nitrogen and oxygen atoms in total. The first-order chi connectivity index (χ1) is 12.4. The van der Waals surface area contributed by atoms with Gasteiger partial charge in [-0.3, -0.25) is 0 Å². The van der Waals surface area contributed by atoms with Crippen LogP contribution < -0.4 is 0 Å². The van der Waals surface area contributed by atoms with Crippen LogP contribution in [-0.4, -0.2) is 0 Å². The second-order valence-corrected chi connectivity index (χ2v) is 11.1. The van der Waals surface area contributed by atoms with E-state index in [0.29, 0.717) is 5.41 Å². The molecule has 0 aromatic carbocycles. The molecule has 0 aliphatic heterocycles. The molecule has 0 spiro atoms. The van der Waals surface area contributed by atoms with Crippen molar-refractivity contribution in [1.82, 2.24) is 0 Å². The molecule has 26 heavy (non-hydrogen) atoms. The smallest absolute Gasteiger partial charge is 0.0289 e. The van der Waals surface area contributed by atoms with Gasteiger partial charge in [-0.05, 0) is 67.1 Å². The van der Waals surface area contributed by atoms with E-state index < -0.39 is 0 Å². The quantitative estimate of drug-likeness (QED) is 0.255. The van der Waals surface area contributed by atoms with Crippen molar-refractivity contribution in [1.29, 1.82) is 0 Å². The van der Waals surface area contributed by atoms with Crippen LogP contribution in [0.2, 0.25) is 0 Å². The van der Waals surface area contributed by atoms with Crippen molar-refractivity contribution < 1.29 is 0 Å². The molecule has 2 bridgehead atoms. The number of hydrogen-bond donors (Lipinski definition) is 0. The van der Waals surface area contributed by atoms with Gasteiger partial charge in [-0.25, -0.2) is 0 Å². The van der Waals surface area contributed by atoms with E-state index in [9.17, 15) is 0 Å². The van der Waals surface area contributed by atoms with Crippen molar-refractivity contribution in [3.8, 4) is 0 Å². The highest BCUT2D eigenvalue weighted by Crippen LogP contribution is 2.65. The van der Waals surface area contributed by atoms with Crippen LogP contribution in [0.4, 0.5) is 0 Å². The van der Waals surface area contributed by atoms with Crippen LogP contribution in [0.25, 0.3) is 0 Å². The molecule has 3 fully saturated rings. The van der Waals surface area contributed by atoms with Crippen molar-refractivity contribution in [3.05, 3.63) is 0 Å². The number of rotatable bonds is 15. The van der Waals surface area contributed by atoms with E-state index in [1.54, 1.807) is 25.7 Å². The van der Waals surface area contributed by atoms with Gasteiger partial charge in [0.15, 0.2) is 0 Å². The summed E-state index contributed by atoms with van der Waals surface area (Å²) in [7, 11) is 0. The average Bonchev–Trinajstić information content (AvgIpc) is 3.11. The van der Waals surface area contributed by atoms with E-state index in [1.807, 2.05) is 0 Å². The van der Waals surface area contributed by atoms with Gasteiger partial charge in [0.25, 0.3) is 0 Å². The molecule has 2 unspecified atom stereocenters. The number of fused-ring (bicyclic) bond motifs is 1. The minimum Gasteiger partial charge on any atom is -0.0654 e. The fraction of sp³-hybridized carbons (Fsp3) is 1.00. The monoisotopic (exact) mass is 362 g/mol. The predicted molar refractivity (Wildman–Crippen MR) is 118 cm³/mol. The zero-order valence-corrected chi connectivity index (χ0v) is 19.0. The lowest BCUT2D eigenvalue weighted by molar-refractivity contribution is 0.118. The van der Waals surface area contributed by atoms with Crippen LogP contribution in [0.5, 0.6) is 0 Å². The lowest BCUT2D eigenvalue weighted by Crippen LogP contribution is -2.28. The molecule has 3 saturated carbocycles. The summed E-state index contributed by atoms with van der Waals surface area (Å²) < 4.78 is 0. The molecule has 154 valence electrons. The van der Waals surface area contributed by atoms with E-state index in [1.165, 1.54) is 77.0 Å². The standard InChI is InChI=1S/C26H50/c1-6-8-10-11-12-13-15-22(3)25(4,5)18-16-23-19-26(17-14-9-7-2)20-24(23)21-26/h22-24H,6-21H2,1-5H3. The van der Waals surface area contributed by atoms with E-state index in [4.69, 9.17) is 0 Å². The Hall–Kier alpha value is 0. The maximum atomic E-state index is 2.56. The zero-order chi connectivity index (χ0) is 19.0. The summed E-state index contributed by atoms with van der Waals surface area (Å²) in [6.07, 6.45) is 23.7. The van der Waals surface area contributed by atoms with Crippen LogP contribution in [0.15, 0.2) is 0 Å². The highest BCUT2D eigenvalue weighted by Gasteiger charge is 2.54. The largest absolute Gasteiger partial charge is 0.0654 e. The molecule has 0 radical (unpaired) electrons. The molecule has 2 atom stereocenters. The fourth-order valence-electron chi connectivity index (χ4n) is 6.09. The Morgan fingerprint density at radius 2 is 1.46 bits per heavy atom. The number of hydrogen-bond acceptors (Lipinski definition) is 0. The molecule has 3 rings (SSSR count). The van der Waals surface area contributed by atoms with Crippen molar-refractivity contribution >= 4 is 0 Å². The van der Waals surface area contributed by atoms with Gasteiger partial charge in [0.05, 0.1) is 0 Å². The molecule has 0 heteroatoms. The van der Waals surface area contributed by atoms with Crippen LogP contribution >= 0.6 is 0 Å². The lowest BCUT2D eigenvalue weighted by Gasteiger charge is -2.39. The summed E-state index contributed by atoms with van der Waals surface area (Å²) in [5.41, 5.74) is 1.37. The summed E-state index contributed by atoms with van der Waals surface area (Å²) in [6, 6.07) is 0. The lowest BCUT2D eigenvalue weighted by atomic mass is 9.66. The van der Waals surface area contributed by atoms with E-state index in [0.717, 1.165) is 23.2 Å². The number of unbranched alkanes of at least 4 members (excludes halogenated alkanes) is 7. The Morgan fingerprint density at radius 1 is 0.846 bits per heavy atom. The average molecular weight is 363 g/mol. The highest BCUT2D eigenvalue weighted by atomic mass is 14.6. The van der Waals surface area contributed by atoms with E-state index in [-0.39, 0.29) is 0 Å². The van der Waals surface area contributed by atoms with Crippen LogP contribution in [0.1, 0.15) is 137 Å². The molecular weight excluding hydrogens is 312 g/mol. The Bertz CT molecular complexity index is 373. The highest BCUT2D eigenvalue weighted by molar-refractivity contribution is 5.05. The Kier molecular flexibility index (Phi) is 9.02. The summed E-state index contributed by atoms with van der Waals surface area (Å²) >= 11 is 0. The van der Waals surface area contributed by atoms with Gasteiger partial charge in [0, 0.05) is 0 Å². The first-order valence-corrected chi connectivity index (χ1v) is 12.4. The minimum atomic E-state index is 0.547. The summed E-state index contributed by atoms with van der Waals surface area (Å²) in [6.45, 7) is 12.3. The fourth-order valence-corrected chi connectivity index (χ4v) is 6.09. The summed E-state index contributed by atoms with van der Waals surface area (Å²) in [5, 5.41) is 0. The van der Waals surface area contributed by atoms with Gasteiger partial charge in [0.1, 0.15) is 0 Å². The Balaban J connectivity index is 1.62. The predicted octanol–water partition coefficient (Wildman–Crippen LogP) is 9.18. The van der Waals surface area contributed by atoms with Gasteiger partial charge < -0.3 is 0 Å². The zero-order valence-electron chi connectivity index (χ0n) is 19.0. The van der Waals surface area contributed by atoms with Crippen LogP contribution in [-0.2, 0) is 0 Å². The van der Waals surface area contributed by atoms with Crippen LogP contribution in [0.3, 0.4) is 0 Å². The summed E-state index contributed by atoms with van der Waals surface area (Å²) in [5.74, 6) is 3.09. The van der Waals surface area contributed by atoms with Crippen molar-refractivity contribution in [3.63, 3.8) is 0 Å². The van der Waals surface area contributed by atoms with Gasteiger partial charge in [-0.1, -0.05) is 98.8 Å². The minimum absolute atomic E-state index is 0.547. The van der Waals surface area contributed by atoms with Gasteiger partial charge in [-0.2, -0.15) is 0 Å². The SMILES string of the molecule is CCCCCCCCC(C)C(C)(C)CCC1CC2(CCCCC)CC1C2. The van der Waals surface area contributed by atoms with E-state index in [2.05, 4.69) is 34.6 Å².